The van der Waals surface area contributed by atoms with Crippen LogP contribution in [0.5, 0.6) is 11.5 Å². The van der Waals surface area contributed by atoms with E-state index in [0.717, 1.165) is 41.0 Å². The number of benzene rings is 2. The molecule has 4 heteroatoms. The van der Waals surface area contributed by atoms with Crippen LogP contribution in [0, 0.1) is 12.8 Å². The van der Waals surface area contributed by atoms with Crippen LogP contribution in [0.1, 0.15) is 43.9 Å². The first-order valence-electron chi connectivity index (χ1n) is 9.83. The number of anilines is 1. The normalized spacial score (nSPS) is 11.1. The molecule has 0 saturated carbocycles. The van der Waals surface area contributed by atoms with Crippen LogP contribution in [0.2, 0.25) is 0 Å². The monoisotopic (exact) mass is 381 g/mol. The molecule has 0 bridgehead atoms. The summed E-state index contributed by atoms with van der Waals surface area (Å²) in [7, 11) is 1.62. The van der Waals surface area contributed by atoms with Crippen molar-refractivity contribution in [1.82, 2.24) is 0 Å². The SMILES string of the molecule is CCc1cccc(C)c1NC(=O)/C=C/c1ccc(OCCC(C)C)c(OC)c1. The third-order valence-electron chi connectivity index (χ3n) is 4.56. The maximum absolute atomic E-state index is 12.4. The average Bonchev–Trinajstić information content (AvgIpc) is 2.68. The molecule has 2 aromatic carbocycles. The van der Waals surface area contributed by atoms with E-state index in [-0.39, 0.29) is 5.91 Å². The quantitative estimate of drug-likeness (QED) is 0.572. The zero-order chi connectivity index (χ0) is 20.5. The van der Waals surface area contributed by atoms with Gasteiger partial charge in [0.1, 0.15) is 0 Å². The number of nitrogens with one attached hydrogen (secondary N) is 1. The minimum atomic E-state index is -0.153. The molecule has 0 radical (unpaired) electrons. The number of carbonyl (C=O) groups excluding carboxylic acids is 1. The lowest BCUT2D eigenvalue weighted by molar-refractivity contribution is -0.111. The van der Waals surface area contributed by atoms with Gasteiger partial charge in [0.25, 0.3) is 0 Å². The molecule has 0 fully saturated rings. The lowest BCUT2D eigenvalue weighted by atomic mass is 10.1. The van der Waals surface area contributed by atoms with Gasteiger partial charge in [0, 0.05) is 11.8 Å². The zero-order valence-corrected chi connectivity index (χ0v) is 17.5. The van der Waals surface area contributed by atoms with Gasteiger partial charge in [-0.05, 0) is 60.6 Å². The van der Waals surface area contributed by atoms with Crippen LogP contribution in [0.3, 0.4) is 0 Å². The summed E-state index contributed by atoms with van der Waals surface area (Å²) in [5.74, 6) is 1.82. The van der Waals surface area contributed by atoms with Crippen molar-refractivity contribution in [3.05, 3.63) is 59.2 Å². The van der Waals surface area contributed by atoms with E-state index in [1.54, 1.807) is 19.3 Å². The summed E-state index contributed by atoms with van der Waals surface area (Å²) in [4.78, 5) is 12.4. The van der Waals surface area contributed by atoms with Crippen molar-refractivity contribution in [2.75, 3.05) is 19.0 Å². The summed E-state index contributed by atoms with van der Waals surface area (Å²) in [5, 5.41) is 3.00. The lowest BCUT2D eigenvalue weighted by Crippen LogP contribution is -2.11. The Morgan fingerprint density at radius 3 is 2.64 bits per heavy atom. The van der Waals surface area contributed by atoms with E-state index in [2.05, 4.69) is 26.1 Å². The fourth-order valence-corrected chi connectivity index (χ4v) is 2.85. The maximum Gasteiger partial charge on any atom is 0.248 e. The van der Waals surface area contributed by atoms with Crippen LogP contribution < -0.4 is 14.8 Å². The summed E-state index contributed by atoms with van der Waals surface area (Å²) in [6.07, 6.45) is 5.18. The Morgan fingerprint density at radius 2 is 1.96 bits per heavy atom. The molecular formula is C24H31NO3. The maximum atomic E-state index is 12.4. The molecule has 4 nitrogen and oxygen atoms in total. The smallest absolute Gasteiger partial charge is 0.248 e. The number of carbonyl (C=O) groups is 1. The molecule has 150 valence electrons. The second-order valence-electron chi connectivity index (χ2n) is 7.23. The number of methoxy groups -OCH3 is 1. The van der Waals surface area contributed by atoms with Crippen molar-refractivity contribution < 1.29 is 14.3 Å². The minimum absolute atomic E-state index is 0.153. The van der Waals surface area contributed by atoms with Gasteiger partial charge in [-0.25, -0.2) is 0 Å². The highest BCUT2D eigenvalue weighted by atomic mass is 16.5. The number of aryl methyl sites for hydroxylation is 2. The van der Waals surface area contributed by atoms with Crippen LogP contribution in [0.4, 0.5) is 5.69 Å². The highest BCUT2D eigenvalue weighted by Gasteiger charge is 2.08. The number of ether oxygens (including phenoxy) is 2. The molecule has 2 rings (SSSR count). The van der Waals surface area contributed by atoms with Crippen molar-refractivity contribution in [3.8, 4) is 11.5 Å². The number of rotatable bonds is 9. The van der Waals surface area contributed by atoms with Crippen molar-refractivity contribution in [3.63, 3.8) is 0 Å². The van der Waals surface area contributed by atoms with Gasteiger partial charge in [-0.15, -0.1) is 0 Å². The van der Waals surface area contributed by atoms with Gasteiger partial charge in [0.05, 0.1) is 13.7 Å². The van der Waals surface area contributed by atoms with Gasteiger partial charge in [-0.2, -0.15) is 0 Å². The van der Waals surface area contributed by atoms with E-state index in [4.69, 9.17) is 9.47 Å². The third-order valence-corrected chi connectivity index (χ3v) is 4.56. The summed E-state index contributed by atoms with van der Waals surface area (Å²) in [6, 6.07) is 11.7. The Morgan fingerprint density at radius 1 is 1.18 bits per heavy atom. The highest BCUT2D eigenvalue weighted by molar-refractivity contribution is 6.02. The molecular weight excluding hydrogens is 350 g/mol. The standard InChI is InChI=1S/C24H31NO3/c1-6-20-9-7-8-18(4)24(20)25-23(26)13-11-19-10-12-21(22(16-19)27-5)28-15-14-17(2)3/h7-13,16-17H,6,14-15H2,1-5H3,(H,25,26)/b13-11+. The van der Waals surface area contributed by atoms with Crippen LogP contribution in [-0.4, -0.2) is 19.6 Å². The van der Waals surface area contributed by atoms with Gasteiger partial charge in [0.15, 0.2) is 11.5 Å². The molecule has 0 aliphatic carbocycles. The highest BCUT2D eigenvalue weighted by Crippen LogP contribution is 2.29. The average molecular weight is 382 g/mol. The van der Waals surface area contributed by atoms with Crippen molar-refractivity contribution >= 4 is 17.7 Å². The van der Waals surface area contributed by atoms with Crippen molar-refractivity contribution in [2.45, 2.75) is 40.5 Å². The number of hydrogen-bond acceptors (Lipinski definition) is 3. The van der Waals surface area contributed by atoms with Gasteiger partial charge >= 0.3 is 0 Å². The predicted octanol–water partition coefficient (Wildman–Crippen LogP) is 5.64. The first-order chi connectivity index (χ1) is 13.4. The summed E-state index contributed by atoms with van der Waals surface area (Å²) < 4.78 is 11.2. The van der Waals surface area contributed by atoms with Crippen LogP contribution in [0.25, 0.3) is 6.08 Å². The number of hydrogen-bond donors (Lipinski definition) is 1. The molecule has 2 aromatic rings. The van der Waals surface area contributed by atoms with Gasteiger partial charge in [-0.3, -0.25) is 4.79 Å². The van der Waals surface area contributed by atoms with E-state index in [1.807, 2.05) is 43.3 Å². The van der Waals surface area contributed by atoms with Crippen molar-refractivity contribution in [1.29, 1.82) is 0 Å². The molecule has 0 spiro atoms. The van der Waals surface area contributed by atoms with Crippen LogP contribution in [0.15, 0.2) is 42.5 Å². The first kappa shape index (κ1) is 21.5. The molecule has 1 N–H and O–H groups in total. The fraction of sp³-hybridized carbons (Fsp3) is 0.375. The molecule has 0 heterocycles. The van der Waals surface area contributed by atoms with Crippen molar-refractivity contribution in [2.24, 2.45) is 5.92 Å². The summed E-state index contributed by atoms with van der Waals surface area (Å²) in [5.41, 5.74) is 3.96. The van der Waals surface area contributed by atoms with E-state index >= 15 is 0 Å². The van der Waals surface area contributed by atoms with Crippen LogP contribution >= 0.6 is 0 Å². The van der Waals surface area contributed by atoms with Crippen LogP contribution in [-0.2, 0) is 11.2 Å². The molecule has 0 aliphatic heterocycles. The Balaban J connectivity index is 2.06. The molecule has 0 aliphatic rings. The lowest BCUT2D eigenvalue weighted by Gasteiger charge is -2.12. The molecule has 28 heavy (non-hydrogen) atoms. The van der Waals surface area contributed by atoms with E-state index in [0.29, 0.717) is 18.3 Å². The Labute approximate surface area is 168 Å². The van der Waals surface area contributed by atoms with E-state index in [9.17, 15) is 4.79 Å². The molecule has 1 amide bonds. The Hall–Kier alpha value is -2.75. The number of amides is 1. The summed E-state index contributed by atoms with van der Waals surface area (Å²) in [6.45, 7) is 9.07. The second-order valence-corrected chi connectivity index (χ2v) is 7.23. The Kier molecular flexibility index (Phi) is 8.12. The van der Waals surface area contributed by atoms with Gasteiger partial charge in [-0.1, -0.05) is 45.0 Å². The van der Waals surface area contributed by atoms with E-state index in [1.165, 1.54) is 0 Å². The van der Waals surface area contributed by atoms with E-state index < -0.39 is 0 Å². The molecule has 0 unspecified atom stereocenters. The molecule has 0 aromatic heterocycles. The summed E-state index contributed by atoms with van der Waals surface area (Å²) >= 11 is 0. The molecule has 0 atom stereocenters. The predicted molar refractivity (Wildman–Crippen MR) is 116 cm³/mol. The third kappa shape index (κ3) is 6.15. The van der Waals surface area contributed by atoms with Gasteiger partial charge < -0.3 is 14.8 Å². The van der Waals surface area contributed by atoms with Gasteiger partial charge in [0.2, 0.25) is 5.91 Å². The largest absolute Gasteiger partial charge is 0.493 e. The topological polar surface area (TPSA) is 47.6 Å². The zero-order valence-electron chi connectivity index (χ0n) is 17.5. The Bertz CT molecular complexity index is 825. The number of para-hydroxylation sites is 1. The second kappa shape index (κ2) is 10.5. The minimum Gasteiger partial charge on any atom is -0.493 e. The first-order valence-corrected chi connectivity index (χ1v) is 9.83. The molecule has 0 saturated heterocycles. The fourth-order valence-electron chi connectivity index (χ4n) is 2.85.